The van der Waals surface area contributed by atoms with E-state index in [0.717, 1.165) is 13.0 Å². The van der Waals surface area contributed by atoms with Gasteiger partial charge in [0.15, 0.2) is 0 Å². The first-order valence-electron chi connectivity index (χ1n) is 6.11. The Labute approximate surface area is 99.2 Å². The molecular formula is C13H25N3. The molecule has 1 aromatic rings. The Morgan fingerprint density at radius 2 is 2.12 bits per heavy atom. The molecule has 0 atom stereocenters. The average molecular weight is 223 g/mol. The molecule has 3 nitrogen and oxygen atoms in total. The molecule has 0 aliphatic rings. The fourth-order valence-electron chi connectivity index (χ4n) is 1.68. The first-order chi connectivity index (χ1) is 7.41. The molecule has 0 unspecified atom stereocenters. The van der Waals surface area contributed by atoms with Crippen molar-refractivity contribution < 1.29 is 0 Å². The number of nitrogens with zero attached hydrogens (tertiary/aromatic N) is 2. The lowest BCUT2D eigenvalue weighted by atomic mass is 9.87. The van der Waals surface area contributed by atoms with Crippen LogP contribution in [-0.4, -0.2) is 22.4 Å². The lowest BCUT2D eigenvalue weighted by Crippen LogP contribution is -2.34. The largest absolute Gasteiger partial charge is 0.314 e. The average Bonchev–Trinajstić information content (AvgIpc) is 2.59. The van der Waals surface area contributed by atoms with Crippen molar-refractivity contribution in [3.63, 3.8) is 0 Å². The zero-order valence-electron chi connectivity index (χ0n) is 11.2. The van der Waals surface area contributed by atoms with Gasteiger partial charge in [-0.3, -0.25) is 4.68 Å². The molecule has 0 aliphatic heterocycles. The zero-order valence-corrected chi connectivity index (χ0v) is 11.2. The van der Waals surface area contributed by atoms with E-state index in [1.807, 2.05) is 17.9 Å². The monoisotopic (exact) mass is 223 g/mol. The molecule has 0 saturated carbocycles. The maximum absolute atomic E-state index is 4.19. The molecule has 0 radical (unpaired) electrons. The summed E-state index contributed by atoms with van der Waals surface area (Å²) in [4.78, 5) is 0. The van der Waals surface area contributed by atoms with Crippen molar-refractivity contribution in [2.45, 2.75) is 46.6 Å². The van der Waals surface area contributed by atoms with Crippen molar-refractivity contribution in [2.75, 3.05) is 6.54 Å². The number of aromatic nitrogens is 2. The Hall–Kier alpha value is -0.830. The SMILES string of the molecule is CC(C)NCC(C)(C)CCc1ccnn1C. The maximum Gasteiger partial charge on any atom is 0.0492 e. The van der Waals surface area contributed by atoms with Gasteiger partial charge < -0.3 is 5.32 Å². The van der Waals surface area contributed by atoms with Crippen LogP contribution in [-0.2, 0) is 13.5 Å². The third-order valence-electron chi connectivity index (χ3n) is 2.97. The number of hydrogen-bond donors (Lipinski definition) is 1. The van der Waals surface area contributed by atoms with E-state index in [1.54, 1.807) is 0 Å². The van der Waals surface area contributed by atoms with Gasteiger partial charge in [-0.2, -0.15) is 5.10 Å². The van der Waals surface area contributed by atoms with Gasteiger partial charge in [0.2, 0.25) is 0 Å². The van der Waals surface area contributed by atoms with Crippen molar-refractivity contribution in [1.82, 2.24) is 15.1 Å². The topological polar surface area (TPSA) is 29.9 Å². The molecule has 1 rings (SSSR count). The summed E-state index contributed by atoms with van der Waals surface area (Å²) < 4.78 is 1.96. The molecule has 0 bridgehead atoms. The summed E-state index contributed by atoms with van der Waals surface area (Å²) in [5, 5.41) is 7.70. The molecule has 1 aromatic heterocycles. The van der Waals surface area contributed by atoms with E-state index < -0.39 is 0 Å². The van der Waals surface area contributed by atoms with Gasteiger partial charge in [-0.25, -0.2) is 0 Å². The van der Waals surface area contributed by atoms with Crippen LogP contribution in [0.4, 0.5) is 0 Å². The second-order valence-electron chi connectivity index (χ2n) is 5.65. The van der Waals surface area contributed by atoms with Gasteiger partial charge in [-0.15, -0.1) is 0 Å². The van der Waals surface area contributed by atoms with Gasteiger partial charge in [0.1, 0.15) is 0 Å². The summed E-state index contributed by atoms with van der Waals surface area (Å²) in [5.41, 5.74) is 1.66. The predicted molar refractivity (Wildman–Crippen MR) is 68.4 cm³/mol. The van der Waals surface area contributed by atoms with Crippen LogP contribution in [0.3, 0.4) is 0 Å². The quantitative estimate of drug-likeness (QED) is 0.802. The van der Waals surface area contributed by atoms with E-state index in [0.29, 0.717) is 11.5 Å². The van der Waals surface area contributed by atoms with Crippen molar-refractivity contribution in [3.8, 4) is 0 Å². The lowest BCUT2D eigenvalue weighted by molar-refractivity contribution is 0.302. The van der Waals surface area contributed by atoms with Crippen molar-refractivity contribution in [2.24, 2.45) is 12.5 Å². The van der Waals surface area contributed by atoms with Crippen LogP contribution < -0.4 is 5.32 Å². The van der Waals surface area contributed by atoms with Gasteiger partial charge in [0, 0.05) is 31.5 Å². The number of nitrogens with one attached hydrogen (secondary N) is 1. The van der Waals surface area contributed by atoms with Crippen LogP contribution in [0.15, 0.2) is 12.3 Å². The third-order valence-corrected chi connectivity index (χ3v) is 2.97. The highest BCUT2D eigenvalue weighted by molar-refractivity contribution is 5.00. The molecule has 0 spiro atoms. The summed E-state index contributed by atoms with van der Waals surface area (Å²) in [6, 6.07) is 2.67. The maximum atomic E-state index is 4.19. The van der Waals surface area contributed by atoms with E-state index in [1.165, 1.54) is 12.1 Å². The molecule has 0 fully saturated rings. The molecule has 1 heterocycles. The summed E-state index contributed by atoms with van der Waals surface area (Å²) in [5.74, 6) is 0. The van der Waals surface area contributed by atoms with Crippen LogP contribution in [0.1, 0.15) is 39.8 Å². The first-order valence-corrected chi connectivity index (χ1v) is 6.11. The highest BCUT2D eigenvalue weighted by atomic mass is 15.2. The normalized spacial score (nSPS) is 12.4. The van der Waals surface area contributed by atoms with E-state index in [4.69, 9.17) is 0 Å². The molecule has 0 amide bonds. The molecule has 0 aromatic carbocycles. The molecule has 92 valence electrons. The van der Waals surface area contributed by atoms with Gasteiger partial charge in [0.05, 0.1) is 0 Å². The molecule has 16 heavy (non-hydrogen) atoms. The van der Waals surface area contributed by atoms with Crippen molar-refractivity contribution >= 4 is 0 Å². The second-order valence-corrected chi connectivity index (χ2v) is 5.65. The predicted octanol–water partition coefficient (Wildman–Crippen LogP) is 2.38. The summed E-state index contributed by atoms with van der Waals surface area (Å²) in [7, 11) is 2.01. The summed E-state index contributed by atoms with van der Waals surface area (Å²) >= 11 is 0. The highest BCUT2D eigenvalue weighted by Crippen LogP contribution is 2.21. The number of rotatable bonds is 6. The fraction of sp³-hybridized carbons (Fsp3) is 0.769. The Bertz CT molecular complexity index is 313. The fourth-order valence-corrected chi connectivity index (χ4v) is 1.68. The van der Waals surface area contributed by atoms with Gasteiger partial charge >= 0.3 is 0 Å². The van der Waals surface area contributed by atoms with Crippen LogP contribution >= 0.6 is 0 Å². The van der Waals surface area contributed by atoms with E-state index in [-0.39, 0.29) is 0 Å². The van der Waals surface area contributed by atoms with Crippen LogP contribution in [0.5, 0.6) is 0 Å². The molecule has 0 aliphatic carbocycles. The minimum absolute atomic E-state index is 0.342. The second kappa shape index (κ2) is 5.48. The summed E-state index contributed by atoms with van der Waals surface area (Å²) in [6.07, 6.45) is 4.16. The number of aryl methyl sites for hydroxylation is 2. The van der Waals surface area contributed by atoms with Gasteiger partial charge in [-0.1, -0.05) is 27.7 Å². The third kappa shape index (κ3) is 4.35. The minimum Gasteiger partial charge on any atom is -0.314 e. The van der Waals surface area contributed by atoms with Gasteiger partial charge in [-0.05, 0) is 24.3 Å². The molecular weight excluding hydrogens is 198 g/mol. The van der Waals surface area contributed by atoms with Gasteiger partial charge in [0.25, 0.3) is 0 Å². The molecule has 1 N–H and O–H groups in total. The first kappa shape index (κ1) is 13.2. The Morgan fingerprint density at radius 3 is 2.62 bits per heavy atom. The molecule has 0 saturated heterocycles. The van der Waals surface area contributed by atoms with Crippen molar-refractivity contribution in [1.29, 1.82) is 0 Å². The highest BCUT2D eigenvalue weighted by Gasteiger charge is 2.18. The van der Waals surface area contributed by atoms with E-state index in [2.05, 4.69) is 44.2 Å². The Kier molecular flexibility index (Phi) is 4.54. The van der Waals surface area contributed by atoms with Crippen molar-refractivity contribution in [3.05, 3.63) is 18.0 Å². The van der Waals surface area contributed by atoms with Crippen LogP contribution in [0.25, 0.3) is 0 Å². The van der Waals surface area contributed by atoms with E-state index >= 15 is 0 Å². The molecule has 3 heteroatoms. The Balaban J connectivity index is 2.38. The minimum atomic E-state index is 0.342. The van der Waals surface area contributed by atoms with Crippen LogP contribution in [0.2, 0.25) is 0 Å². The standard InChI is InChI=1S/C13H25N3/c1-11(2)14-10-13(3,4)8-6-12-7-9-15-16(12)5/h7,9,11,14H,6,8,10H2,1-5H3. The number of hydrogen-bond acceptors (Lipinski definition) is 2. The Morgan fingerprint density at radius 1 is 1.44 bits per heavy atom. The smallest absolute Gasteiger partial charge is 0.0492 e. The van der Waals surface area contributed by atoms with Crippen LogP contribution in [0, 0.1) is 5.41 Å². The summed E-state index contributed by atoms with van der Waals surface area (Å²) in [6.45, 7) is 10.1. The van der Waals surface area contributed by atoms with E-state index in [9.17, 15) is 0 Å². The lowest BCUT2D eigenvalue weighted by Gasteiger charge is -2.26. The zero-order chi connectivity index (χ0) is 12.2.